The molecule has 4 rings (SSSR count). The van der Waals surface area contributed by atoms with Crippen LogP contribution in [0.25, 0.3) is 0 Å². The van der Waals surface area contributed by atoms with Gasteiger partial charge in [-0.1, -0.05) is 36.8 Å². The number of hydrogen-bond acceptors (Lipinski definition) is 4. The number of likely N-dealkylation sites (tertiary alicyclic amines) is 1. The lowest BCUT2D eigenvalue weighted by atomic mass is 10.1. The van der Waals surface area contributed by atoms with E-state index >= 15 is 0 Å². The van der Waals surface area contributed by atoms with Gasteiger partial charge in [0.25, 0.3) is 5.56 Å². The standard InChI is InChI=1S/C26H33N5O2.HI/c1-27-26(29-19-23(24-8-7-17-33-24)30-14-4-2-5-15-30)28-18-21-10-12-22(13-11-21)20-31-16-6-3-9-25(31)32;/h3,6-13,16-17,23H,2,4-5,14-15,18-20H2,1H3,(H2,27,28,29);1H. The highest BCUT2D eigenvalue weighted by Crippen LogP contribution is 2.24. The lowest BCUT2D eigenvalue weighted by Gasteiger charge is -2.33. The minimum Gasteiger partial charge on any atom is -0.468 e. The number of rotatable bonds is 8. The van der Waals surface area contributed by atoms with Crippen LogP contribution in [-0.4, -0.2) is 42.1 Å². The summed E-state index contributed by atoms with van der Waals surface area (Å²) in [6.45, 7) is 4.17. The van der Waals surface area contributed by atoms with Crippen LogP contribution in [0.5, 0.6) is 0 Å². The van der Waals surface area contributed by atoms with E-state index in [4.69, 9.17) is 4.42 Å². The van der Waals surface area contributed by atoms with Crippen molar-refractivity contribution in [3.8, 4) is 0 Å². The molecule has 1 fully saturated rings. The Kier molecular flexibility index (Phi) is 10.2. The van der Waals surface area contributed by atoms with Gasteiger partial charge in [-0.05, 0) is 55.3 Å². The SMILES string of the molecule is CN=C(NCc1ccc(Cn2ccccc2=O)cc1)NCC(c1ccco1)N1CCCCC1.I. The van der Waals surface area contributed by atoms with Crippen molar-refractivity contribution in [1.29, 1.82) is 0 Å². The molecule has 0 radical (unpaired) electrons. The van der Waals surface area contributed by atoms with Gasteiger partial charge in [-0.3, -0.25) is 14.7 Å². The van der Waals surface area contributed by atoms with Crippen molar-refractivity contribution < 1.29 is 4.42 Å². The number of benzene rings is 1. The number of pyridine rings is 1. The Labute approximate surface area is 218 Å². The molecule has 2 N–H and O–H groups in total. The molecule has 1 saturated heterocycles. The van der Waals surface area contributed by atoms with Crippen LogP contribution in [0.2, 0.25) is 0 Å². The fourth-order valence-electron chi connectivity index (χ4n) is 4.27. The van der Waals surface area contributed by atoms with Crippen molar-refractivity contribution in [2.24, 2.45) is 4.99 Å². The van der Waals surface area contributed by atoms with Crippen LogP contribution in [0.1, 0.15) is 42.2 Å². The third-order valence-corrected chi connectivity index (χ3v) is 6.12. The fraction of sp³-hybridized carbons (Fsp3) is 0.385. The van der Waals surface area contributed by atoms with Gasteiger partial charge in [0.2, 0.25) is 0 Å². The average molecular weight is 575 g/mol. The maximum Gasteiger partial charge on any atom is 0.250 e. The second-order valence-corrected chi connectivity index (χ2v) is 8.42. The maximum absolute atomic E-state index is 11.9. The summed E-state index contributed by atoms with van der Waals surface area (Å²) >= 11 is 0. The molecule has 3 aromatic rings. The number of hydrogen-bond donors (Lipinski definition) is 2. The van der Waals surface area contributed by atoms with Crippen LogP contribution >= 0.6 is 24.0 Å². The van der Waals surface area contributed by atoms with Gasteiger partial charge in [0.05, 0.1) is 18.8 Å². The van der Waals surface area contributed by atoms with Crippen molar-refractivity contribution in [3.05, 3.63) is 94.3 Å². The molecule has 1 aliphatic heterocycles. The monoisotopic (exact) mass is 575 g/mol. The Morgan fingerprint density at radius 3 is 2.44 bits per heavy atom. The second kappa shape index (κ2) is 13.3. The van der Waals surface area contributed by atoms with Crippen molar-refractivity contribution in [1.82, 2.24) is 20.1 Å². The molecule has 0 amide bonds. The molecule has 182 valence electrons. The highest BCUT2D eigenvalue weighted by molar-refractivity contribution is 14.0. The number of guanidine groups is 1. The zero-order valence-corrected chi connectivity index (χ0v) is 22.0. The number of aliphatic imine (C=N–C) groups is 1. The van der Waals surface area contributed by atoms with Gasteiger partial charge in [0.15, 0.2) is 5.96 Å². The molecule has 34 heavy (non-hydrogen) atoms. The number of piperidine rings is 1. The summed E-state index contributed by atoms with van der Waals surface area (Å²) in [6.07, 6.45) is 7.33. The van der Waals surface area contributed by atoms with Crippen molar-refractivity contribution in [2.75, 3.05) is 26.7 Å². The van der Waals surface area contributed by atoms with E-state index in [-0.39, 0.29) is 35.6 Å². The van der Waals surface area contributed by atoms with Crippen molar-refractivity contribution in [3.63, 3.8) is 0 Å². The number of nitrogens with one attached hydrogen (secondary N) is 2. The highest BCUT2D eigenvalue weighted by atomic mass is 127. The molecule has 2 aromatic heterocycles. The minimum atomic E-state index is 0. The summed E-state index contributed by atoms with van der Waals surface area (Å²) in [5.41, 5.74) is 2.26. The van der Waals surface area contributed by atoms with Gasteiger partial charge in [-0.15, -0.1) is 24.0 Å². The molecule has 1 atom stereocenters. The molecule has 0 aliphatic carbocycles. The third kappa shape index (κ3) is 7.20. The Balaban J connectivity index is 0.00000324. The lowest BCUT2D eigenvalue weighted by molar-refractivity contribution is 0.146. The van der Waals surface area contributed by atoms with Gasteiger partial charge >= 0.3 is 0 Å². The van der Waals surface area contributed by atoms with Crippen LogP contribution in [-0.2, 0) is 13.1 Å². The summed E-state index contributed by atoms with van der Waals surface area (Å²) in [4.78, 5) is 18.8. The molecule has 0 spiro atoms. The smallest absolute Gasteiger partial charge is 0.250 e. The van der Waals surface area contributed by atoms with Gasteiger partial charge in [0.1, 0.15) is 5.76 Å². The maximum atomic E-state index is 11.9. The Hall–Kier alpha value is -2.59. The fourth-order valence-corrected chi connectivity index (χ4v) is 4.27. The molecule has 1 aliphatic rings. The molecule has 7 nitrogen and oxygen atoms in total. The Morgan fingerprint density at radius 1 is 1.00 bits per heavy atom. The predicted octanol–water partition coefficient (Wildman–Crippen LogP) is 4.00. The predicted molar refractivity (Wildman–Crippen MR) is 147 cm³/mol. The third-order valence-electron chi connectivity index (χ3n) is 6.12. The zero-order chi connectivity index (χ0) is 22.9. The van der Waals surface area contributed by atoms with Gasteiger partial charge < -0.3 is 19.6 Å². The highest BCUT2D eigenvalue weighted by Gasteiger charge is 2.24. The van der Waals surface area contributed by atoms with E-state index in [9.17, 15) is 4.79 Å². The van der Waals surface area contributed by atoms with E-state index in [2.05, 4.69) is 50.9 Å². The largest absolute Gasteiger partial charge is 0.468 e. The number of halogens is 1. The summed E-state index contributed by atoms with van der Waals surface area (Å²) in [7, 11) is 1.79. The Bertz CT molecular complexity index is 1070. The summed E-state index contributed by atoms with van der Waals surface area (Å²) in [6, 6.07) is 17.7. The van der Waals surface area contributed by atoms with Gasteiger partial charge in [-0.25, -0.2) is 0 Å². The van der Waals surface area contributed by atoms with Crippen LogP contribution in [0.15, 0.2) is 81.3 Å². The normalized spacial score (nSPS) is 15.4. The molecule has 0 saturated carbocycles. The van der Waals surface area contributed by atoms with E-state index in [1.165, 1.54) is 19.3 Å². The first-order chi connectivity index (χ1) is 16.2. The summed E-state index contributed by atoms with van der Waals surface area (Å²) in [5, 5.41) is 6.88. The topological polar surface area (TPSA) is 74.8 Å². The van der Waals surface area contributed by atoms with Gasteiger partial charge in [-0.2, -0.15) is 0 Å². The van der Waals surface area contributed by atoms with E-state index < -0.39 is 0 Å². The molecular weight excluding hydrogens is 541 g/mol. The van der Waals surface area contributed by atoms with Crippen molar-refractivity contribution in [2.45, 2.75) is 38.4 Å². The number of furan rings is 1. The van der Waals surface area contributed by atoms with Gasteiger partial charge in [0, 0.05) is 32.4 Å². The first-order valence-electron chi connectivity index (χ1n) is 11.7. The molecule has 1 unspecified atom stereocenters. The molecular formula is C26H34IN5O2. The summed E-state index contributed by atoms with van der Waals surface area (Å²) in [5.74, 6) is 1.76. The molecule has 8 heteroatoms. The van der Waals surface area contributed by atoms with E-state index in [1.54, 1.807) is 30.0 Å². The molecule has 3 heterocycles. The lowest BCUT2D eigenvalue weighted by Crippen LogP contribution is -2.44. The van der Waals surface area contributed by atoms with Crippen LogP contribution < -0.4 is 16.2 Å². The zero-order valence-electron chi connectivity index (χ0n) is 19.7. The molecule has 1 aromatic carbocycles. The number of nitrogens with zero attached hydrogens (tertiary/aromatic N) is 3. The molecule has 0 bridgehead atoms. The first-order valence-corrected chi connectivity index (χ1v) is 11.7. The Morgan fingerprint density at radius 2 is 1.76 bits per heavy atom. The minimum absolute atomic E-state index is 0. The first kappa shape index (κ1) is 26.0. The van der Waals surface area contributed by atoms with E-state index in [0.717, 1.165) is 42.5 Å². The average Bonchev–Trinajstić information content (AvgIpc) is 3.39. The van der Waals surface area contributed by atoms with E-state index in [0.29, 0.717) is 13.1 Å². The van der Waals surface area contributed by atoms with E-state index in [1.807, 2.05) is 18.3 Å². The van der Waals surface area contributed by atoms with Crippen LogP contribution in [0.4, 0.5) is 0 Å². The quantitative estimate of drug-likeness (QED) is 0.242. The summed E-state index contributed by atoms with van der Waals surface area (Å²) < 4.78 is 7.45. The number of aromatic nitrogens is 1. The second-order valence-electron chi connectivity index (χ2n) is 8.42. The van der Waals surface area contributed by atoms with Crippen LogP contribution in [0, 0.1) is 0 Å². The van der Waals surface area contributed by atoms with Crippen LogP contribution in [0.3, 0.4) is 0 Å². The van der Waals surface area contributed by atoms with Crippen molar-refractivity contribution >= 4 is 29.9 Å².